The van der Waals surface area contributed by atoms with Gasteiger partial charge in [0.25, 0.3) is 0 Å². The summed E-state index contributed by atoms with van der Waals surface area (Å²) >= 11 is 0. The van der Waals surface area contributed by atoms with Gasteiger partial charge in [0, 0.05) is 6.54 Å². The number of aliphatic imine (C=N–C) groups is 1. The third-order valence-corrected chi connectivity index (χ3v) is 2.96. The first-order chi connectivity index (χ1) is 8.39. The summed E-state index contributed by atoms with van der Waals surface area (Å²) < 4.78 is 38.8. The summed E-state index contributed by atoms with van der Waals surface area (Å²) in [4.78, 5) is 4.05. The molecule has 1 heterocycles. The van der Waals surface area contributed by atoms with Crippen molar-refractivity contribution in [3.63, 3.8) is 0 Å². The van der Waals surface area contributed by atoms with Gasteiger partial charge in [0.1, 0.15) is 0 Å². The van der Waals surface area contributed by atoms with E-state index in [2.05, 4.69) is 15.6 Å². The third kappa shape index (κ3) is 2.42. The maximum absolute atomic E-state index is 12.9. The molecule has 0 bridgehead atoms. The van der Waals surface area contributed by atoms with Crippen LogP contribution in [0.15, 0.2) is 17.1 Å². The fraction of sp³-hybridized carbons (Fsp3) is 0.417. The predicted octanol–water partition coefficient (Wildman–Crippen LogP) is 2.69. The van der Waals surface area contributed by atoms with Crippen LogP contribution in [0.3, 0.4) is 0 Å². The van der Waals surface area contributed by atoms with Crippen LogP contribution < -0.4 is 10.6 Å². The van der Waals surface area contributed by atoms with Gasteiger partial charge >= 0.3 is 6.18 Å². The van der Waals surface area contributed by atoms with E-state index in [0.717, 1.165) is 11.6 Å². The summed E-state index contributed by atoms with van der Waals surface area (Å²) in [6.07, 6.45) is -4.38. The molecule has 3 nitrogen and oxygen atoms in total. The van der Waals surface area contributed by atoms with Crippen LogP contribution >= 0.6 is 0 Å². The number of alkyl halides is 3. The third-order valence-electron chi connectivity index (χ3n) is 2.96. The number of halogens is 3. The first-order valence-corrected chi connectivity index (χ1v) is 5.62. The van der Waals surface area contributed by atoms with Crippen LogP contribution in [-0.2, 0) is 6.18 Å². The van der Waals surface area contributed by atoms with Crippen LogP contribution in [0.1, 0.15) is 16.7 Å². The molecule has 18 heavy (non-hydrogen) atoms. The first kappa shape index (κ1) is 12.7. The highest BCUT2D eigenvalue weighted by atomic mass is 19.4. The number of guanidine groups is 1. The Balaban J connectivity index is 2.44. The van der Waals surface area contributed by atoms with E-state index in [1.54, 1.807) is 13.8 Å². The van der Waals surface area contributed by atoms with Crippen LogP contribution in [0, 0.1) is 13.8 Å². The van der Waals surface area contributed by atoms with Crippen molar-refractivity contribution in [2.75, 3.05) is 18.4 Å². The summed E-state index contributed by atoms with van der Waals surface area (Å²) in [6.45, 7) is 4.68. The molecule has 0 aromatic heterocycles. The second-order valence-electron chi connectivity index (χ2n) is 4.21. The Bertz CT molecular complexity index is 492. The minimum absolute atomic E-state index is 0.0793. The minimum Gasteiger partial charge on any atom is -0.354 e. The molecule has 0 amide bonds. The zero-order valence-corrected chi connectivity index (χ0v) is 10.2. The summed E-state index contributed by atoms with van der Waals surface area (Å²) in [7, 11) is 0. The van der Waals surface area contributed by atoms with Crippen LogP contribution in [0.4, 0.5) is 18.9 Å². The van der Waals surface area contributed by atoms with Crippen LogP contribution in [0.2, 0.25) is 0 Å². The molecule has 0 fully saturated rings. The lowest BCUT2D eigenvalue weighted by atomic mass is 10.0. The summed E-state index contributed by atoms with van der Waals surface area (Å²) in [5, 5.41) is 5.65. The Hall–Kier alpha value is -1.72. The second kappa shape index (κ2) is 4.51. The van der Waals surface area contributed by atoms with Gasteiger partial charge in [-0.2, -0.15) is 13.2 Å². The van der Waals surface area contributed by atoms with Crippen LogP contribution in [0.5, 0.6) is 0 Å². The molecule has 0 saturated carbocycles. The predicted molar refractivity (Wildman–Crippen MR) is 64.8 cm³/mol. The van der Waals surface area contributed by atoms with Crippen molar-refractivity contribution in [2.24, 2.45) is 4.99 Å². The second-order valence-corrected chi connectivity index (χ2v) is 4.21. The van der Waals surface area contributed by atoms with Crippen LogP contribution in [0.25, 0.3) is 0 Å². The van der Waals surface area contributed by atoms with Crippen molar-refractivity contribution >= 4 is 11.6 Å². The lowest BCUT2D eigenvalue weighted by molar-refractivity contribution is -0.136. The Labute approximate surface area is 103 Å². The van der Waals surface area contributed by atoms with Crippen molar-refractivity contribution in [3.05, 3.63) is 28.8 Å². The SMILES string of the molecule is Cc1ccc(C(F)(F)F)c(NC2=NCCN2)c1C. The van der Waals surface area contributed by atoms with E-state index in [-0.39, 0.29) is 5.69 Å². The van der Waals surface area contributed by atoms with Crippen molar-refractivity contribution in [2.45, 2.75) is 20.0 Å². The van der Waals surface area contributed by atoms with E-state index in [1.165, 1.54) is 6.07 Å². The maximum atomic E-state index is 12.9. The molecule has 2 N–H and O–H groups in total. The topological polar surface area (TPSA) is 36.4 Å². The van der Waals surface area contributed by atoms with E-state index in [4.69, 9.17) is 0 Å². The molecule has 0 aliphatic carbocycles. The fourth-order valence-corrected chi connectivity index (χ4v) is 1.81. The number of nitrogens with one attached hydrogen (secondary N) is 2. The average Bonchev–Trinajstić information content (AvgIpc) is 2.76. The monoisotopic (exact) mass is 257 g/mol. The van der Waals surface area contributed by atoms with Gasteiger partial charge in [-0.05, 0) is 31.0 Å². The molecule has 6 heteroatoms. The Kier molecular flexibility index (Phi) is 3.19. The number of nitrogens with zero attached hydrogens (tertiary/aromatic N) is 1. The molecule has 0 spiro atoms. The number of hydrogen-bond acceptors (Lipinski definition) is 3. The van der Waals surface area contributed by atoms with Gasteiger partial charge in [-0.25, -0.2) is 0 Å². The summed E-state index contributed by atoms with van der Waals surface area (Å²) in [5.41, 5.74) is 0.808. The fourth-order valence-electron chi connectivity index (χ4n) is 1.81. The van der Waals surface area contributed by atoms with Gasteiger partial charge in [0.15, 0.2) is 5.96 Å². The standard InChI is InChI=1S/C12H14F3N3/c1-7-3-4-9(12(13,14)15)10(8(7)2)18-11-16-5-6-17-11/h3-4H,5-6H2,1-2H3,(H2,16,17,18). The molecule has 1 aromatic rings. The average molecular weight is 257 g/mol. The van der Waals surface area contributed by atoms with Gasteiger partial charge < -0.3 is 10.6 Å². The van der Waals surface area contributed by atoms with Gasteiger partial charge in [0.2, 0.25) is 0 Å². The molecule has 98 valence electrons. The molecular weight excluding hydrogens is 243 g/mol. The normalized spacial score (nSPS) is 15.3. The Morgan fingerprint density at radius 3 is 2.56 bits per heavy atom. The van der Waals surface area contributed by atoms with Gasteiger partial charge in [0.05, 0.1) is 17.8 Å². The zero-order valence-electron chi connectivity index (χ0n) is 10.2. The minimum atomic E-state index is -4.38. The molecule has 0 unspecified atom stereocenters. The van der Waals surface area contributed by atoms with E-state index >= 15 is 0 Å². The van der Waals surface area contributed by atoms with Crippen molar-refractivity contribution in [3.8, 4) is 0 Å². The molecule has 0 radical (unpaired) electrons. The number of anilines is 1. The molecular formula is C12H14F3N3. The molecule has 1 aliphatic rings. The smallest absolute Gasteiger partial charge is 0.354 e. The summed E-state index contributed by atoms with van der Waals surface area (Å²) in [6, 6.07) is 2.58. The number of rotatable bonds is 1. The van der Waals surface area contributed by atoms with Crippen LogP contribution in [-0.4, -0.2) is 19.0 Å². The molecule has 2 rings (SSSR count). The number of aryl methyl sites for hydroxylation is 1. The number of hydrogen-bond donors (Lipinski definition) is 2. The van der Waals surface area contributed by atoms with Crippen molar-refractivity contribution in [1.82, 2.24) is 5.32 Å². The zero-order chi connectivity index (χ0) is 13.3. The quantitative estimate of drug-likeness (QED) is 0.811. The molecule has 0 saturated heterocycles. The highest BCUT2D eigenvalue weighted by Gasteiger charge is 2.34. The van der Waals surface area contributed by atoms with Gasteiger partial charge in [-0.15, -0.1) is 0 Å². The van der Waals surface area contributed by atoms with E-state index in [1.807, 2.05) is 0 Å². The highest BCUT2D eigenvalue weighted by Crippen LogP contribution is 2.37. The largest absolute Gasteiger partial charge is 0.418 e. The van der Waals surface area contributed by atoms with E-state index in [0.29, 0.717) is 24.6 Å². The Morgan fingerprint density at radius 2 is 2.00 bits per heavy atom. The number of benzene rings is 1. The maximum Gasteiger partial charge on any atom is 0.418 e. The van der Waals surface area contributed by atoms with Crippen molar-refractivity contribution < 1.29 is 13.2 Å². The van der Waals surface area contributed by atoms with E-state index in [9.17, 15) is 13.2 Å². The summed E-state index contributed by atoms with van der Waals surface area (Å²) in [5.74, 6) is 0.397. The highest BCUT2D eigenvalue weighted by molar-refractivity contribution is 5.96. The Morgan fingerprint density at radius 1 is 1.28 bits per heavy atom. The lowest BCUT2D eigenvalue weighted by Crippen LogP contribution is -2.28. The van der Waals surface area contributed by atoms with E-state index < -0.39 is 11.7 Å². The molecule has 1 aromatic carbocycles. The van der Waals surface area contributed by atoms with Crippen molar-refractivity contribution in [1.29, 1.82) is 0 Å². The first-order valence-electron chi connectivity index (χ1n) is 5.62. The van der Waals surface area contributed by atoms with Gasteiger partial charge in [-0.1, -0.05) is 6.07 Å². The van der Waals surface area contributed by atoms with Gasteiger partial charge in [-0.3, -0.25) is 4.99 Å². The molecule has 0 atom stereocenters. The molecule has 1 aliphatic heterocycles. The lowest BCUT2D eigenvalue weighted by Gasteiger charge is -2.18.